The first-order valence-corrected chi connectivity index (χ1v) is 8.27. The molecule has 0 aliphatic rings. The molecule has 0 spiro atoms. The molecule has 7 heteroatoms. The van der Waals surface area contributed by atoms with Crippen molar-refractivity contribution in [3.8, 4) is 17.4 Å². The molecular weight excluding hydrogens is 325 g/mol. The summed E-state index contributed by atoms with van der Waals surface area (Å²) in [4.78, 5) is 16.9. The van der Waals surface area contributed by atoms with Gasteiger partial charge in [-0.15, -0.1) is 5.10 Å². The first-order valence-electron chi connectivity index (χ1n) is 8.27. The average molecular weight is 349 g/mol. The maximum atomic E-state index is 13.6. The van der Waals surface area contributed by atoms with E-state index in [-0.39, 0.29) is 36.2 Å². The van der Waals surface area contributed by atoms with Gasteiger partial charge in [0.05, 0.1) is 6.61 Å². The molecule has 0 N–H and O–H groups in total. The molecule has 0 bridgehead atoms. The molecule has 0 unspecified atom stereocenters. The second kappa shape index (κ2) is 8.20. The number of carbonyl (C=O) groups excluding carboxylic acids is 1. The summed E-state index contributed by atoms with van der Waals surface area (Å²) in [5.74, 6) is -0.367. The maximum Gasteiger partial charge on any atom is 0.336 e. The van der Waals surface area contributed by atoms with E-state index in [1.54, 1.807) is 12.1 Å². The Morgan fingerprint density at radius 1 is 1.28 bits per heavy atom. The number of nitrogens with zero attached hydrogens (tertiary/aromatic N) is 3. The van der Waals surface area contributed by atoms with Crippen LogP contribution in [-0.4, -0.2) is 40.5 Å². The van der Waals surface area contributed by atoms with Crippen molar-refractivity contribution in [1.29, 1.82) is 0 Å². The minimum atomic E-state index is -0.408. The van der Waals surface area contributed by atoms with Gasteiger partial charge < -0.3 is 9.47 Å². The molecule has 0 radical (unpaired) electrons. The fraction of sp³-hybridized carbons (Fsp3) is 0.500. The van der Waals surface area contributed by atoms with Crippen LogP contribution >= 0.6 is 0 Å². The van der Waals surface area contributed by atoms with E-state index in [0.717, 1.165) is 0 Å². The number of halogens is 1. The largest absolute Gasteiger partial charge is 0.460 e. The third-order valence-corrected chi connectivity index (χ3v) is 3.25. The molecule has 1 heterocycles. The topological polar surface area (TPSA) is 66.2 Å². The summed E-state index contributed by atoms with van der Waals surface area (Å²) in [5.41, 5.74) is 0.257. The summed E-state index contributed by atoms with van der Waals surface area (Å²) in [6, 6.07) is 5.96. The lowest BCUT2D eigenvalue weighted by Crippen LogP contribution is -2.21. The molecule has 6 nitrogen and oxygen atoms in total. The van der Waals surface area contributed by atoms with Crippen molar-refractivity contribution in [3.05, 3.63) is 30.1 Å². The molecular formula is C18H24FN3O3. The van der Waals surface area contributed by atoms with Crippen LogP contribution in [0, 0.1) is 11.2 Å². The summed E-state index contributed by atoms with van der Waals surface area (Å²) in [5, 5.41) is 4.15. The lowest BCUT2D eigenvalue weighted by atomic mass is 9.92. The van der Waals surface area contributed by atoms with Gasteiger partial charge in [-0.05, 0) is 24.5 Å². The Morgan fingerprint density at radius 2 is 2.04 bits per heavy atom. The lowest BCUT2D eigenvalue weighted by molar-refractivity contribution is 0.0836. The van der Waals surface area contributed by atoms with Crippen molar-refractivity contribution in [2.75, 3.05) is 19.8 Å². The Kier molecular flexibility index (Phi) is 6.25. The Balaban J connectivity index is 2.31. The van der Waals surface area contributed by atoms with Crippen molar-refractivity contribution < 1.29 is 18.7 Å². The predicted octanol–water partition coefficient (Wildman–Crippen LogP) is 3.58. The molecule has 0 saturated heterocycles. The molecule has 0 aliphatic heterocycles. The van der Waals surface area contributed by atoms with Gasteiger partial charge in [-0.1, -0.05) is 32.9 Å². The van der Waals surface area contributed by atoms with Gasteiger partial charge in [-0.25, -0.2) is 4.39 Å². The first kappa shape index (κ1) is 19.1. The minimum Gasteiger partial charge on any atom is -0.460 e. The van der Waals surface area contributed by atoms with Crippen LogP contribution in [0.5, 0.6) is 6.01 Å². The Bertz CT molecular complexity index is 723. The van der Waals surface area contributed by atoms with Gasteiger partial charge in [0, 0.05) is 18.6 Å². The molecule has 1 aromatic carbocycles. The quantitative estimate of drug-likeness (QED) is 0.715. The highest BCUT2D eigenvalue weighted by Gasteiger charge is 2.23. The fourth-order valence-corrected chi connectivity index (χ4v) is 2.21. The number of hydrogen-bond donors (Lipinski definition) is 0. The lowest BCUT2D eigenvalue weighted by Gasteiger charge is -2.16. The van der Waals surface area contributed by atoms with Gasteiger partial charge in [0.15, 0.2) is 5.82 Å². The Hall–Kier alpha value is -2.28. The van der Waals surface area contributed by atoms with Gasteiger partial charge in [0.2, 0.25) is 5.91 Å². The predicted molar refractivity (Wildman–Crippen MR) is 92.1 cm³/mol. The molecule has 0 saturated carbocycles. The maximum absolute atomic E-state index is 13.6. The molecule has 136 valence electrons. The Labute approximate surface area is 147 Å². The van der Waals surface area contributed by atoms with Gasteiger partial charge in [-0.3, -0.25) is 4.79 Å². The zero-order valence-corrected chi connectivity index (χ0v) is 15.1. The number of carbonyl (C=O) groups is 1. The van der Waals surface area contributed by atoms with Crippen LogP contribution in [0.1, 0.15) is 38.9 Å². The van der Waals surface area contributed by atoms with E-state index >= 15 is 0 Å². The van der Waals surface area contributed by atoms with Gasteiger partial charge in [0.1, 0.15) is 12.4 Å². The Morgan fingerprint density at radius 3 is 2.68 bits per heavy atom. The SMILES string of the molecule is CCOCCOc1nc(-c2cccc(F)c2)n(C(=O)CC(C)(C)C)n1. The molecule has 2 rings (SSSR count). The van der Waals surface area contributed by atoms with E-state index in [9.17, 15) is 9.18 Å². The van der Waals surface area contributed by atoms with Crippen molar-refractivity contribution in [1.82, 2.24) is 14.8 Å². The van der Waals surface area contributed by atoms with E-state index < -0.39 is 5.82 Å². The highest BCUT2D eigenvalue weighted by Crippen LogP contribution is 2.24. The molecule has 0 aliphatic carbocycles. The van der Waals surface area contributed by atoms with Crippen LogP contribution in [-0.2, 0) is 4.74 Å². The second-order valence-electron chi connectivity index (χ2n) is 6.82. The van der Waals surface area contributed by atoms with E-state index in [2.05, 4.69) is 10.1 Å². The number of rotatable bonds is 7. The highest BCUT2D eigenvalue weighted by atomic mass is 19.1. The summed E-state index contributed by atoms with van der Waals surface area (Å²) >= 11 is 0. The highest BCUT2D eigenvalue weighted by molar-refractivity contribution is 5.82. The van der Waals surface area contributed by atoms with Crippen LogP contribution < -0.4 is 4.74 Å². The zero-order chi connectivity index (χ0) is 18.4. The molecule has 25 heavy (non-hydrogen) atoms. The van der Waals surface area contributed by atoms with E-state index in [4.69, 9.17) is 9.47 Å². The van der Waals surface area contributed by atoms with Crippen LogP contribution in [0.25, 0.3) is 11.4 Å². The minimum absolute atomic E-state index is 0.0706. The molecule has 0 atom stereocenters. The van der Waals surface area contributed by atoms with Gasteiger partial charge >= 0.3 is 6.01 Å². The normalized spacial score (nSPS) is 11.6. The van der Waals surface area contributed by atoms with Crippen molar-refractivity contribution in [2.45, 2.75) is 34.1 Å². The molecule has 0 amide bonds. The van der Waals surface area contributed by atoms with Crippen LogP contribution in [0.2, 0.25) is 0 Å². The van der Waals surface area contributed by atoms with Crippen molar-refractivity contribution >= 4 is 5.91 Å². The third-order valence-electron chi connectivity index (χ3n) is 3.25. The molecule has 1 aromatic heterocycles. The monoisotopic (exact) mass is 349 g/mol. The number of aromatic nitrogens is 3. The van der Waals surface area contributed by atoms with E-state index in [1.165, 1.54) is 16.8 Å². The molecule has 0 fully saturated rings. The molecule has 2 aromatic rings. The van der Waals surface area contributed by atoms with Gasteiger partial charge in [0.25, 0.3) is 0 Å². The number of benzene rings is 1. The van der Waals surface area contributed by atoms with Crippen molar-refractivity contribution in [3.63, 3.8) is 0 Å². The smallest absolute Gasteiger partial charge is 0.336 e. The average Bonchev–Trinajstić information content (AvgIpc) is 2.94. The van der Waals surface area contributed by atoms with E-state index in [1.807, 2.05) is 27.7 Å². The summed E-state index contributed by atoms with van der Waals surface area (Å²) in [6.07, 6.45) is 0.275. The zero-order valence-electron chi connectivity index (χ0n) is 15.1. The third kappa shape index (κ3) is 5.63. The van der Waals surface area contributed by atoms with Crippen LogP contribution in [0.4, 0.5) is 4.39 Å². The summed E-state index contributed by atoms with van der Waals surface area (Å²) < 4.78 is 25.4. The van der Waals surface area contributed by atoms with Gasteiger partial charge in [-0.2, -0.15) is 9.67 Å². The van der Waals surface area contributed by atoms with Crippen LogP contribution in [0.3, 0.4) is 0 Å². The van der Waals surface area contributed by atoms with E-state index in [0.29, 0.717) is 18.8 Å². The fourth-order valence-electron chi connectivity index (χ4n) is 2.21. The van der Waals surface area contributed by atoms with Crippen LogP contribution in [0.15, 0.2) is 24.3 Å². The second-order valence-corrected chi connectivity index (χ2v) is 6.82. The number of ether oxygens (including phenoxy) is 2. The summed E-state index contributed by atoms with van der Waals surface area (Å²) in [7, 11) is 0. The van der Waals surface area contributed by atoms with Crippen molar-refractivity contribution in [2.24, 2.45) is 5.41 Å². The first-order chi connectivity index (χ1) is 11.8. The standard InChI is InChI=1S/C18H24FN3O3/c1-5-24-9-10-25-17-20-16(13-7-6-8-14(19)11-13)22(21-17)15(23)12-18(2,3)4/h6-8,11H,5,9-10,12H2,1-4H3. The number of hydrogen-bond acceptors (Lipinski definition) is 5. The summed E-state index contributed by atoms with van der Waals surface area (Å²) in [6.45, 7) is 9.03.